The number of hydrazone groups is 1. The molecule has 1 fully saturated rings. The maximum absolute atomic E-state index is 6.63. The molecule has 0 radical (unpaired) electrons. The van der Waals surface area contributed by atoms with Crippen LogP contribution in [-0.2, 0) is 0 Å². The third-order valence-electron chi connectivity index (χ3n) is 6.30. The minimum absolute atomic E-state index is 0.209. The molecule has 2 aromatic rings. The molecular weight excluding hydrogens is 356 g/mol. The van der Waals surface area contributed by atoms with E-state index < -0.39 is 0 Å². The van der Waals surface area contributed by atoms with Crippen molar-refractivity contribution in [2.45, 2.75) is 64.1 Å². The minimum atomic E-state index is -0.302. The number of fused-ring (bicyclic) bond motifs is 4. The van der Waals surface area contributed by atoms with Gasteiger partial charge in [-0.25, -0.2) is 5.01 Å². The highest BCUT2D eigenvalue weighted by Gasteiger charge is 2.50. The van der Waals surface area contributed by atoms with Crippen molar-refractivity contribution in [3.63, 3.8) is 0 Å². The van der Waals surface area contributed by atoms with Gasteiger partial charge in [-0.3, -0.25) is 0 Å². The lowest BCUT2D eigenvalue weighted by atomic mass is 9.86. The molecule has 0 aromatic heterocycles. The minimum Gasteiger partial charge on any atom is -0.466 e. The van der Waals surface area contributed by atoms with Crippen LogP contribution in [-0.4, -0.2) is 16.4 Å². The second-order valence-electron chi connectivity index (χ2n) is 8.22. The molecule has 1 atom stereocenters. The summed E-state index contributed by atoms with van der Waals surface area (Å²) in [5.74, 6) is 0.986. The van der Waals surface area contributed by atoms with Gasteiger partial charge >= 0.3 is 0 Å². The molecule has 0 unspecified atom stereocenters. The molecular formula is C23H25ClN2O. The fourth-order valence-corrected chi connectivity index (χ4v) is 5.08. The van der Waals surface area contributed by atoms with Crippen molar-refractivity contribution in [2.24, 2.45) is 5.10 Å². The molecule has 27 heavy (non-hydrogen) atoms. The summed E-state index contributed by atoms with van der Waals surface area (Å²) in [4.78, 5) is 0. The van der Waals surface area contributed by atoms with E-state index in [0.29, 0.717) is 0 Å². The molecule has 140 valence electrons. The van der Waals surface area contributed by atoms with Crippen LogP contribution in [0, 0.1) is 13.8 Å². The SMILES string of the molecule is Cc1ccc(C)c(C2=NN3[C@@H](C2)c2cc(Cl)ccc2OC32CCCCC2)c1. The molecule has 3 nitrogen and oxygen atoms in total. The molecule has 2 aliphatic heterocycles. The molecule has 2 heterocycles. The summed E-state index contributed by atoms with van der Waals surface area (Å²) in [6.07, 6.45) is 6.65. The fourth-order valence-electron chi connectivity index (χ4n) is 4.90. The van der Waals surface area contributed by atoms with Gasteiger partial charge in [0.25, 0.3) is 0 Å². The second kappa shape index (κ2) is 6.27. The topological polar surface area (TPSA) is 24.8 Å². The van der Waals surface area contributed by atoms with Crippen molar-refractivity contribution in [3.8, 4) is 5.75 Å². The lowest BCUT2D eigenvalue weighted by Gasteiger charge is -2.49. The molecule has 5 rings (SSSR count). The maximum Gasteiger partial charge on any atom is 0.198 e. The summed E-state index contributed by atoms with van der Waals surface area (Å²) < 4.78 is 6.63. The number of rotatable bonds is 1. The Morgan fingerprint density at radius 1 is 1.07 bits per heavy atom. The van der Waals surface area contributed by atoms with Crippen molar-refractivity contribution in [3.05, 3.63) is 63.7 Å². The number of benzene rings is 2. The second-order valence-corrected chi connectivity index (χ2v) is 8.66. The summed E-state index contributed by atoms with van der Waals surface area (Å²) in [6.45, 7) is 4.32. The number of nitrogens with zero attached hydrogens (tertiary/aromatic N) is 2. The van der Waals surface area contributed by atoms with Crippen LogP contribution in [0.25, 0.3) is 0 Å². The first-order chi connectivity index (χ1) is 13.1. The van der Waals surface area contributed by atoms with Gasteiger partial charge in [-0.1, -0.05) is 35.7 Å². The molecule has 0 N–H and O–H groups in total. The first-order valence-electron chi connectivity index (χ1n) is 9.99. The van der Waals surface area contributed by atoms with Gasteiger partial charge in [-0.05, 0) is 56.5 Å². The zero-order chi connectivity index (χ0) is 18.6. The number of aryl methyl sites for hydroxylation is 2. The first-order valence-corrected chi connectivity index (χ1v) is 10.4. The third kappa shape index (κ3) is 2.75. The summed E-state index contributed by atoms with van der Waals surface area (Å²) >= 11 is 6.33. The number of ether oxygens (including phenoxy) is 1. The smallest absolute Gasteiger partial charge is 0.198 e. The van der Waals surface area contributed by atoms with Crippen molar-refractivity contribution < 1.29 is 4.74 Å². The van der Waals surface area contributed by atoms with Crippen LogP contribution in [0.3, 0.4) is 0 Å². The Bertz CT molecular complexity index is 930. The summed E-state index contributed by atoms with van der Waals surface area (Å²) in [6, 6.07) is 12.9. The van der Waals surface area contributed by atoms with Crippen molar-refractivity contribution in [1.82, 2.24) is 5.01 Å². The molecule has 0 amide bonds. The number of halogens is 1. The average Bonchev–Trinajstić information content (AvgIpc) is 3.12. The summed E-state index contributed by atoms with van der Waals surface area (Å²) in [5, 5.41) is 8.21. The van der Waals surface area contributed by atoms with Crippen LogP contribution >= 0.6 is 11.6 Å². The highest BCUT2D eigenvalue weighted by Crippen LogP contribution is 2.51. The van der Waals surface area contributed by atoms with E-state index in [2.05, 4.69) is 43.1 Å². The molecule has 1 spiro atoms. The Kier molecular flexibility index (Phi) is 3.98. The van der Waals surface area contributed by atoms with Crippen LogP contribution in [0.15, 0.2) is 41.5 Å². The van der Waals surface area contributed by atoms with Crippen molar-refractivity contribution in [2.75, 3.05) is 0 Å². The van der Waals surface area contributed by atoms with Crippen LogP contribution < -0.4 is 4.74 Å². The van der Waals surface area contributed by atoms with Gasteiger partial charge in [-0.2, -0.15) is 5.10 Å². The van der Waals surface area contributed by atoms with Crippen molar-refractivity contribution >= 4 is 17.3 Å². The average molecular weight is 381 g/mol. The molecule has 1 saturated carbocycles. The highest BCUT2D eigenvalue weighted by molar-refractivity contribution is 6.30. The zero-order valence-corrected chi connectivity index (χ0v) is 16.7. The molecule has 4 heteroatoms. The summed E-state index contributed by atoms with van der Waals surface area (Å²) in [5.41, 5.74) is 5.85. The fraction of sp³-hybridized carbons (Fsp3) is 0.435. The van der Waals surface area contributed by atoms with Gasteiger partial charge in [-0.15, -0.1) is 0 Å². The van der Waals surface area contributed by atoms with Gasteiger partial charge in [0.1, 0.15) is 5.75 Å². The Morgan fingerprint density at radius 3 is 2.70 bits per heavy atom. The Morgan fingerprint density at radius 2 is 1.89 bits per heavy atom. The molecule has 0 bridgehead atoms. The normalized spacial score (nSPS) is 22.9. The standard InChI is InChI=1S/C23H25ClN2O/c1-15-6-7-16(2)18(12-15)20-14-21-19-13-17(24)8-9-22(19)27-23(26(21)25-20)10-4-3-5-11-23/h6-9,12-13,21H,3-5,10-11,14H2,1-2H3/t21-/m0/s1. The van der Waals surface area contributed by atoms with E-state index in [9.17, 15) is 0 Å². The predicted octanol–water partition coefficient (Wildman–Crippen LogP) is 6.16. The van der Waals surface area contributed by atoms with E-state index >= 15 is 0 Å². The Hall–Kier alpha value is -2.00. The van der Waals surface area contributed by atoms with E-state index in [1.165, 1.54) is 47.2 Å². The van der Waals surface area contributed by atoms with Gasteiger partial charge in [0, 0.05) is 35.4 Å². The monoisotopic (exact) mass is 380 g/mol. The van der Waals surface area contributed by atoms with E-state index in [1.54, 1.807) is 0 Å². The lowest BCUT2D eigenvalue weighted by Crippen LogP contribution is -2.54. The van der Waals surface area contributed by atoms with Gasteiger partial charge in [0.05, 0.1) is 11.8 Å². The van der Waals surface area contributed by atoms with Gasteiger partial charge in [0.2, 0.25) is 0 Å². The third-order valence-corrected chi connectivity index (χ3v) is 6.53. The van der Waals surface area contributed by atoms with Crippen LogP contribution in [0.4, 0.5) is 0 Å². The lowest BCUT2D eigenvalue weighted by molar-refractivity contribution is -0.140. The molecule has 0 saturated heterocycles. The summed E-state index contributed by atoms with van der Waals surface area (Å²) in [7, 11) is 0. The molecule has 3 aliphatic rings. The molecule has 1 aliphatic carbocycles. The highest BCUT2D eigenvalue weighted by atomic mass is 35.5. The predicted molar refractivity (Wildman–Crippen MR) is 110 cm³/mol. The first kappa shape index (κ1) is 17.1. The van der Waals surface area contributed by atoms with E-state index in [-0.39, 0.29) is 11.8 Å². The maximum atomic E-state index is 6.63. The Labute approximate surface area is 166 Å². The largest absolute Gasteiger partial charge is 0.466 e. The van der Waals surface area contributed by atoms with Crippen LogP contribution in [0.1, 0.15) is 66.8 Å². The van der Waals surface area contributed by atoms with E-state index in [0.717, 1.165) is 30.0 Å². The Balaban J connectivity index is 1.63. The van der Waals surface area contributed by atoms with Crippen LogP contribution in [0.2, 0.25) is 5.02 Å². The number of hydrogen-bond donors (Lipinski definition) is 0. The van der Waals surface area contributed by atoms with E-state index in [1.807, 2.05) is 12.1 Å². The van der Waals surface area contributed by atoms with Crippen molar-refractivity contribution in [1.29, 1.82) is 0 Å². The van der Waals surface area contributed by atoms with E-state index in [4.69, 9.17) is 21.4 Å². The van der Waals surface area contributed by atoms with Crippen LogP contribution in [0.5, 0.6) is 5.75 Å². The molecule has 2 aromatic carbocycles. The zero-order valence-electron chi connectivity index (χ0n) is 16.0. The number of hydrogen-bond acceptors (Lipinski definition) is 3. The quantitative estimate of drug-likeness (QED) is 0.591. The van der Waals surface area contributed by atoms with Gasteiger partial charge in [0.15, 0.2) is 5.72 Å². The van der Waals surface area contributed by atoms with Gasteiger partial charge < -0.3 is 4.74 Å².